The van der Waals surface area contributed by atoms with E-state index in [1.165, 1.54) is 32.3 Å². The maximum atomic E-state index is 14.0. The molecule has 1 unspecified atom stereocenters. The summed E-state index contributed by atoms with van der Waals surface area (Å²) in [5.41, 5.74) is -0.204. The Labute approximate surface area is 188 Å². The lowest BCUT2D eigenvalue weighted by atomic mass is 10.1. The highest BCUT2D eigenvalue weighted by molar-refractivity contribution is 7.15. The van der Waals surface area contributed by atoms with Gasteiger partial charge in [-0.25, -0.2) is 9.37 Å². The second-order valence-electron chi connectivity index (χ2n) is 7.02. The number of thiazole rings is 1. The van der Waals surface area contributed by atoms with Gasteiger partial charge in [-0.2, -0.15) is 26.3 Å². The summed E-state index contributed by atoms with van der Waals surface area (Å²) in [6.07, 6.45) is -10.4. The summed E-state index contributed by atoms with van der Waals surface area (Å²) in [6.45, 7) is 0.845. The van der Waals surface area contributed by atoms with E-state index >= 15 is 0 Å². The maximum Gasteiger partial charge on any atom is 0.419 e. The van der Waals surface area contributed by atoms with Gasteiger partial charge in [0.15, 0.2) is 6.10 Å². The minimum atomic E-state index is -4.79. The average Bonchev–Trinajstić information content (AvgIpc) is 3.10. The summed E-state index contributed by atoms with van der Waals surface area (Å²) in [4.78, 5) is 7.55. The molecule has 1 aromatic heterocycles. The average molecular weight is 490 g/mol. The van der Waals surface area contributed by atoms with Gasteiger partial charge in [-0.1, -0.05) is 24.3 Å². The molecule has 1 atom stereocenters. The first kappa shape index (κ1) is 24.8. The van der Waals surface area contributed by atoms with Crippen molar-refractivity contribution in [3.63, 3.8) is 0 Å². The molecule has 0 aliphatic heterocycles. The van der Waals surface area contributed by atoms with Gasteiger partial charge in [0.1, 0.15) is 10.8 Å². The van der Waals surface area contributed by atoms with E-state index in [-0.39, 0.29) is 32.3 Å². The molecule has 2 aromatic carbocycles. The number of alkyl halides is 6. The van der Waals surface area contributed by atoms with Crippen molar-refractivity contribution in [2.75, 3.05) is 7.05 Å². The molecule has 3 aromatic rings. The lowest BCUT2D eigenvalue weighted by Crippen LogP contribution is -2.23. The van der Waals surface area contributed by atoms with Crippen molar-refractivity contribution >= 4 is 17.6 Å². The number of ether oxygens (including phenoxy) is 1. The van der Waals surface area contributed by atoms with Crippen molar-refractivity contribution in [1.82, 2.24) is 4.98 Å². The molecule has 11 heteroatoms. The van der Waals surface area contributed by atoms with Crippen LogP contribution in [0.4, 0.5) is 30.7 Å². The molecule has 1 heterocycles. The predicted octanol–water partition coefficient (Wildman–Crippen LogP) is 7.15. The van der Waals surface area contributed by atoms with Gasteiger partial charge in [0, 0.05) is 24.4 Å². The minimum absolute atomic E-state index is 0.0397. The summed E-state index contributed by atoms with van der Waals surface area (Å²) in [6, 6.07) is 7.86. The van der Waals surface area contributed by atoms with E-state index in [1.54, 1.807) is 0 Å². The summed E-state index contributed by atoms with van der Waals surface area (Å²) in [7, 11) is 1.46. The molecule has 0 aliphatic carbocycles. The van der Waals surface area contributed by atoms with Gasteiger partial charge in [-0.15, -0.1) is 11.3 Å². The Morgan fingerprint density at radius 3 is 2.27 bits per heavy atom. The molecule has 0 saturated heterocycles. The quantitative estimate of drug-likeness (QED) is 0.272. The number of rotatable bonds is 6. The first-order valence-electron chi connectivity index (χ1n) is 9.44. The Morgan fingerprint density at radius 1 is 1.06 bits per heavy atom. The smallest absolute Gasteiger partial charge is 0.358 e. The molecule has 0 bridgehead atoms. The van der Waals surface area contributed by atoms with E-state index in [1.807, 2.05) is 0 Å². The van der Waals surface area contributed by atoms with Crippen LogP contribution >= 0.6 is 11.3 Å². The zero-order valence-corrected chi connectivity index (χ0v) is 18.1. The van der Waals surface area contributed by atoms with Crippen LogP contribution in [0.3, 0.4) is 0 Å². The molecule has 0 saturated carbocycles. The second kappa shape index (κ2) is 9.60. The van der Waals surface area contributed by atoms with Crippen LogP contribution in [-0.2, 0) is 17.5 Å². The fourth-order valence-electron chi connectivity index (χ4n) is 2.98. The Morgan fingerprint density at radius 2 is 1.73 bits per heavy atom. The highest BCUT2D eigenvalue weighted by atomic mass is 32.1. The summed E-state index contributed by atoms with van der Waals surface area (Å²) >= 11 is 0.679. The molecular weight excluding hydrogens is 473 g/mol. The number of aromatic nitrogens is 1. The van der Waals surface area contributed by atoms with Crippen LogP contribution in [0.25, 0.3) is 10.6 Å². The molecular formula is C22H17F7N2OS. The van der Waals surface area contributed by atoms with Crippen LogP contribution in [0.2, 0.25) is 0 Å². The van der Waals surface area contributed by atoms with Crippen molar-refractivity contribution in [3.05, 3.63) is 75.5 Å². The molecule has 0 radical (unpaired) electrons. The molecule has 0 N–H and O–H groups in total. The van der Waals surface area contributed by atoms with Crippen molar-refractivity contribution in [2.24, 2.45) is 4.99 Å². The summed E-state index contributed by atoms with van der Waals surface area (Å²) < 4.78 is 98.7. The van der Waals surface area contributed by atoms with Crippen LogP contribution in [0, 0.1) is 12.7 Å². The number of aryl methyl sites for hydroxylation is 1. The fourth-order valence-corrected chi connectivity index (χ4v) is 4.13. The Hall–Kier alpha value is -2.79. The normalized spacial score (nSPS) is 13.6. The van der Waals surface area contributed by atoms with Gasteiger partial charge >= 0.3 is 12.4 Å². The highest BCUT2D eigenvalue weighted by Crippen LogP contribution is 2.43. The third kappa shape index (κ3) is 5.97. The SMILES string of the molecule is CN=Cc1ccc(COC(c2sc(-c3ccc(C(F)(F)F)cc3)nc2C)C(F)(F)F)cc1F. The number of hydrogen-bond donors (Lipinski definition) is 0. The number of benzene rings is 2. The first-order chi connectivity index (χ1) is 15.4. The van der Waals surface area contributed by atoms with Gasteiger partial charge in [-0.3, -0.25) is 4.99 Å². The van der Waals surface area contributed by atoms with Crippen molar-refractivity contribution in [2.45, 2.75) is 32.0 Å². The molecule has 3 nitrogen and oxygen atoms in total. The Kier molecular flexibility index (Phi) is 7.23. The minimum Gasteiger partial charge on any atom is -0.358 e. The topological polar surface area (TPSA) is 34.5 Å². The zero-order chi connectivity index (χ0) is 24.4. The van der Waals surface area contributed by atoms with E-state index in [4.69, 9.17) is 4.74 Å². The van der Waals surface area contributed by atoms with Gasteiger partial charge in [0.25, 0.3) is 0 Å². The third-order valence-electron chi connectivity index (χ3n) is 4.58. The second-order valence-corrected chi connectivity index (χ2v) is 8.05. The number of nitrogens with zero attached hydrogens (tertiary/aromatic N) is 2. The Bertz CT molecular complexity index is 1140. The number of halogens is 7. The monoisotopic (exact) mass is 490 g/mol. The van der Waals surface area contributed by atoms with Gasteiger partial charge in [-0.05, 0) is 30.7 Å². The van der Waals surface area contributed by atoms with Crippen LogP contribution in [0.15, 0.2) is 47.5 Å². The zero-order valence-electron chi connectivity index (χ0n) is 17.3. The van der Waals surface area contributed by atoms with Crippen molar-refractivity contribution in [1.29, 1.82) is 0 Å². The summed E-state index contributed by atoms with van der Waals surface area (Å²) in [5.74, 6) is -0.649. The van der Waals surface area contributed by atoms with Crippen LogP contribution < -0.4 is 0 Å². The maximum absolute atomic E-state index is 14.0. The molecule has 0 aliphatic rings. The van der Waals surface area contributed by atoms with Crippen LogP contribution in [0.1, 0.15) is 33.4 Å². The van der Waals surface area contributed by atoms with E-state index in [2.05, 4.69) is 9.98 Å². The van der Waals surface area contributed by atoms with E-state index in [0.717, 1.165) is 30.3 Å². The molecule has 0 fully saturated rings. The predicted molar refractivity (Wildman–Crippen MR) is 111 cm³/mol. The molecule has 3 rings (SSSR count). The highest BCUT2D eigenvalue weighted by Gasteiger charge is 2.44. The number of aliphatic imine (C=N–C) groups is 1. The summed E-state index contributed by atoms with van der Waals surface area (Å²) in [5, 5.41) is 0.128. The van der Waals surface area contributed by atoms with Crippen molar-refractivity contribution in [3.8, 4) is 10.6 Å². The third-order valence-corrected chi connectivity index (χ3v) is 5.83. The molecule has 0 spiro atoms. The van der Waals surface area contributed by atoms with Crippen molar-refractivity contribution < 1.29 is 35.5 Å². The Balaban J connectivity index is 1.85. The fraction of sp³-hybridized carbons (Fsp3) is 0.273. The van der Waals surface area contributed by atoms with Gasteiger partial charge < -0.3 is 4.74 Å². The molecule has 0 amide bonds. The van der Waals surface area contributed by atoms with E-state index < -0.39 is 36.4 Å². The van der Waals surface area contributed by atoms with Crippen LogP contribution in [0.5, 0.6) is 0 Å². The number of hydrogen-bond acceptors (Lipinski definition) is 4. The lowest BCUT2D eigenvalue weighted by Gasteiger charge is -2.20. The van der Waals surface area contributed by atoms with Gasteiger partial charge in [0.2, 0.25) is 0 Å². The van der Waals surface area contributed by atoms with E-state index in [0.29, 0.717) is 11.3 Å². The first-order valence-corrected chi connectivity index (χ1v) is 10.3. The lowest BCUT2D eigenvalue weighted by molar-refractivity contribution is -0.226. The largest absolute Gasteiger partial charge is 0.419 e. The molecule has 33 heavy (non-hydrogen) atoms. The van der Waals surface area contributed by atoms with E-state index in [9.17, 15) is 30.7 Å². The van der Waals surface area contributed by atoms with Gasteiger partial charge in [0.05, 0.1) is 22.7 Å². The standard InChI is InChI=1S/C22H17F7N2OS/c1-12-18(33-20(31-12)14-5-7-16(8-6-14)21(24,25)26)19(22(27,28)29)32-11-13-3-4-15(10-30-2)17(23)9-13/h3-10,19H,11H2,1-2H3. The molecule has 176 valence electrons. The van der Waals surface area contributed by atoms with Crippen LogP contribution in [-0.4, -0.2) is 24.4 Å².